The SMILES string of the molecule is CCOc1cc(N=Nc2c(S(=O)(=O)N=O)cc3ccc(NC(C)=O)cc3c2N=O)c(OCC)cc1N=Nc1cccc(P(=O)(O)N=O)c1. The topological polar surface area (TPSA) is 257 Å². The summed E-state index contributed by atoms with van der Waals surface area (Å²) >= 11 is 0. The number of nitrogens with zero attached hydrogens (tertiary/aromatic N) is 7. The first-order valence-corrected chi connectivity index (χ1v) is 16.8. The summed E-state index contributed by atoms with van der Waals surface area (Å²) in [6.07, 6.45) is 0. The molecule has 0 saturated heterocycles. The maximum atomic E-state index is 12.7. The summed E-state index contributed by atoms with van der Waals surface area (Å²) in [7, 11) is -9.34. The monoisotopic (exact) mass is 696 g/mol. The first kappa shape index (κ1) is 35.2. The van der Waals surface area contributed by atoms with Gasteiger partial charge in [-0.05, 0) is 60.8 Å². The lowest BCUT2D eigenvalue weighted by molar-refractivity contribution is -0.114. The van der Waals surface area contributed by atoms with Crippen molar-refractivity contribution in [3.05, 3.63) is 75.4 Å². The molecule has 2 N–H and O–H groups in total. The summed E-state index contributed by atoms with van der Waals surface area (Å²) in [6.45, 7) is 4.90. The van der Waals surface area contributed by atoms with Crippen molar-refractivity contribution in [3.63, 3.8) is 0 Å². The Hall–Kier alpha value is -5.65. The number of hydrogen-bond acceptors (Lipinski definition) is 14. The first-order valence-electron chi connectivity index (χ1n) is 13.7. The highest BCUT2D eigenvalue weighted by molar-refractivity contribution is 7.90. The molecule has 0 heterocycles. The van der Waals surface area contributed by atoms with E-state index in [-0.39, 0.29) is 63.5 Å². The van der Waals surface area contributed by atoms with E-state index >= 15 is 0 Å². The number of carbonyl (C=O) groups is 1. The minimum atomic E-state index is -4.87. The standard InChI is InChI=1S/C28H25N8O10PS/c1-4-45-24-15-23(25(46-5-2)14-22(24)31-30-19-7-6-8-20(12-19)47(41,42)35-39)32-33-28-26(48(43,44)36-40)11-17-9-10-18(29-16(3)37)13-21(17)27(28)34-38/h6-15H,4-5H2,1-3H3,(H,29,37)(H,41,42). The Morgan fingerprint density at radius 2 is 1.50 bits per heavy atom. The molecule has 0 saturated carbocycles. The Balaban J connectivity index is 1.88. The largest absolute Gasteiger partial charge is 0.491 e. The number of nitrogens with one attached hydrogen (secondary N) is 1. The summed E-state index contributed by atoms with van der Waals surface area (Å²) in [6, 6.07) is 13.3. The molecule has 0 spiro atoms. The van der Waals surface area contributed by atoms with E-state index in [2.05, 4.69) is 40.5 Å². The van der Waals surface area contributed by atoms with Gasteiger partial charge in [0.15, 0.2) is 0 Å². The molecule has 1 atom stereocenters. The normalized spacial score (nSPS) is 12.9. The molecular weight excluding hydrogens is 671 g/mol. The van der Waals surface area contributed by atoms with E-state index in [0.29, 0.717) is 0 Å². The number of carbonyl (C=O) groups excluding carboxylic acids is 1. The second kappa shape index (κ2) is 14.8. The number of nitroso groups, excluding NO2 is 3. The molecule has 4 aromatic carbocycles. The van der Waals surface area contributed by atoms with Crippen molar-refractivity contribution in [2.75, 3.05) is 18.5 Å². The summed E-state index contributed by atoms with van der Waals surface area (Å²) in [5, 5.41) is 21.9. The fourth-order valence-corrected chi connectivity index (χ4v) is 5.70. The Morgan fingerprint density at radius 3 is 2.06 bits per heavy atom. The highest BCUT2D eigenvalue weighted by atomic mass is 32.2. The predicted molar refractivity (Wildman–Crippen MR) is 176 cm³/mol. The molecule has 0 radical (unpaired) electrons. The molecule has 1 amide bonds. The number of amides is 1. The van der Waals surface area contributed by atoms with Gasteiger partial charge < -0.3 is 19.7 Å². The zero-order chi connectivity index (χ0) is 35.1. The van der Waals surface area contributed by atoms with Crippen LogP contribution in [0.25, 0.3) is 10.8 Å². The van der Waals surface area contributed by atoms with Crippen molar-refractivity contribution in [1.29, 1.82) is 0 Å². The van der Waals surface area contributed by atoms with E-state index in [0.717, 1.165) is 6.07 Å². The van der Waals surface area contributed by atoms with Crippen molar-refractivity contribution >= 4 is 73.7 Å². The van der Waals surface area contributed by atoms with Crippen LogP contribution in [0.1, 0.15) is 20.8 Å². The molecule has 20 heteroatoms. The van der Waals surface area contributed by atoms with E-state index in [1.165, 1.54) is 61.5 Å². The van der Waals surface area contributed by atoms with E-state index in [9.17, 15) is 37.4 Å². The third kappa shape index (κ3) is 7.83. The van der Waals surface area contributed by atoms with Crippen LogP contribution >= 0.6 is 7.52 Å². The molecular formula is C28H25N8O10PS. The highest BCUT2D eigenvalue weighted by Crippen LogP contribution is 2.46. The average Bonchev–Trinajstić information content (AvgIpc) is 3.06. The fraction of sp³-hybridized carbons (Fsp3) is 0.179. The van der Waals surface area contributed by atoms with Crippen LogP contribution in [0.2, 0.25) is 0 Å². The minimum Gasteiger partial charge on any atom is -0.491 e. The summed E-state index contributed by atoms with van der Waals surface area (Å²) in [5.74, 6) is -0.244. The lowest BCUT2D eigenvalue weighted by Crippen LogP contribution is -2.05. The van der Waals surface area contributed by atoms with Crippen molar-refractivity contribution in [1.82, 2.24) is 0 Å². The number of fused-ring (bicyclic) bond motifs is 1. The van der Waals surface area contributed by atoms with Crippen molar-refractivity contribution in [2.45, 2.75) is 25.7 Å². The fourth-order valence-electron chi connectivity index (χ4n) is 4.28. The Bertz CT molecular complexity index is 2160. The molecule has 0 fully saturated rings. The van der Waals surface area contributed by atoms with Gasteiger partial charge in [-0.1, -0.05) is 12.1 Å². The Labute approximate surface area is 271 Å². The average molecular weight is 697 g/mol. The molecule has 0 bridgehead atoms. The van der Waals surface area contributed by atoms with Gasteiger partial charge in [0, 0.05) is 35.1 Å². The molecule has 0 aliphatic rings. The van der Waals surface area contributed by atoms with E-state index in [4.69, 9.17) is 9.47 Å². The van der Waals surface area contributed by atoms with Crippen LogP contribution in [0.3, 0.4) is 0 Å². The molecule has 4 aromatic rings. The summed E-state index contributed by atoms with van der Waals surface area (Å²) < 4.78 is 50.9. The van der Waals surface area contributed by atoms with Gasteiger partial charge in [-0.3, -0.25) is 9.36 Å². The second-order valence-electron chi connectivity index (χ2n) is 9.53. The number of sulfonamides is 1. The van der Waals surface area contributed by atoms with Gasteiger partial charge in [0.1, 0.15) is 39.1 Å². The minimum absolute atomic E-state index is 0.0223. The number of azo groups is 2. The Kier molecular flexibility index (Phi) is 10.9. The highest BCUT2D eigenvalue weighted by Gasteiger charge is 2.26. The first-order chi connectivity index (χ1) is 22.9. The molecule has 248 valence electrons. The van der Waals surface area contributed by atoms with Gasteiger partial charge in [-0.15, -0.1) is 30.1 Å². The molecule has 0 aliphatic heterocycles. The number of rotatable bonds is 14. The number of ether oxygens (including phenoxy) is 2. The molecule has 48 heavy (non-hydrogen) atoms. The zero-order valence-corrected chi connectivity index (χ0v) is 27.0. The van der Waals surface area contributed by atoms with Crippen LogP contribution in [0, 0.1) is 14.7 Å². The van der Waals surface area contributed by atoms with Gasteiger partial charge in [0.05, 0.1) is 28.8 Å². The lowest BCUT2D eigenvalue weighted by atomic mass is 10.1. The predicted octanol–water partition coefficient (Wildman–Crippen LogP) is 7.86. The van der Waals surface area contributed by atoms with Crippen LogP contribution < -0.4 is 20.1 Å². The molecule has 4 rings (SSSR count). The van der Waals surface area contributed by atoms with Crippen molar-refractivity contribution in [3.8, 4) is 11.5 Å². The van der Waals surface area contributed by atoms with E-state index in [1.807, 2.05) is 0 Å². The summed E-state index contributed by atoms with van der Waals surface area (Å²) in [4.78, 5) is 57.1. The van der Waals surface area contributed by atoms with Gasteiger partial charge in [0.2, 0.25) is 5.91 Å². The Morgan fingerprint density at radius 1 is 0.854 bits per heavy atom. The third-order valence-corrected chi connectivity index (χ3v) is 8.52. The van der Waals surface area contributed by atoms with Gasteiger partial charge in [-0.25, -0.2) is 0 Å². The maximum Gasteiger partial charge on any atom is 0.379 e. The maximum absolute atomic E-state index is 12.7. The van der Waals surface area contributed by atoms with E-state index in [1.54, 1.807) is 13.8 Å². The molecule has 0 aliphatic carbocycles. The van der Waals surface area contributed by atoms with Gasteiger partial charge >= 0.3 is 17.5 Å². The smallest absolute Gasteiger partial charge is 0.379 e. The van der Waals surface area contributed by atoms with Crippen LogP contribution in [0.4, 0.5) is 34.1 Å². The second-order valence-corrected chi connectivity index (χ2v) is 12.8. The molecule has 0 aromatic heterocycles. The van der Waals surface area contributed by atoms with Gasteiger partial charge in [0.25, 0.3) is 0 Å². The van der Waals surface area contributed by atoms with Crippen LogP contribution in [0.15, 0.2) is 101 Å². The van der Waals surface area contributed by atoms with Crippen LogP contribution in [-0.2, 0) is 19.4 Å². The summed E-state index contributed by atoms with van der Waals surface area (Å²) in [5.41, 5.74) is -0.630. The van der Waals surface area contributed by atoms with Crippen LogP contribution in [0.5, 0.6) is 11.5 Å². The van der Waals surface area contributed by atoms with Crippen LogP contribution in [-0.4, -0.2) is 32.4 Å². The number of benzene rings is 4. The van der Waals surface area contributed by atoms with E-state index < -0.39 is 39.7 Å². The zero-order valence-electron chi connectivity index (χ0n) is 25.3. The van der Waals surface area contributed by atoms with Crippen molar-refractivity contribution in [2.24, 2.45) is 35.2 Å². The number of hydrogen-bond donors (Lipinski definition) is 2. The van der Waals surface area contributed by atoms with Crippen molar-refractivity contribution < 1.29 is 32.1 Å². The lowest BCUT2D eigenvalue weighted by Gasteiger charge is -2.12. The molecule has 1 unspecified atom stereocenters. The molecule has 18 nitrogen and oxygen atoms in total. The van der Waals surface area contributed by atoms with Gasteiger partial charge in [-0.2, -0.15) is 13.5 Å². The quantitative estimate of drug-likeness (QED) is 0.0732. The number of anilines is 1. The third-order valence-electron chi connectivity index (χ3n) is 6.29.